The van der Waals surface area contributed by atoms with Gasteiger partial charge >= 0.3 is 0 Å². The number of carbonyl (C=O) groups excluding carboxylic acids is 1. The fourth-order valence-corrected chi connectivity index (χ4v) is 1.76. The number of hydrogen-bond acceptors (Lipinski definition) is 2. The number of anilines is 1. The van der Waals surface area contributed by atoms with E-state index in [1.54, 1.807) is 6.92 Å². The maximum absolute atomic E-state index is 12.0. The van der Waals surface area contributed by atoms with Crippen molar-refractivity contribution in [2.24, 2.45) is 0 Å². The average molecular weight is 269 g/mol. The molecule has 104 valence electrons. The zero-order valence-electron chi connectivity index (χ0n) is 12.0. The molecular formula is C17H19NO2. The Bertz CT molecular complexity index is 573. The zero-order valence-corrected chi connectivity index (χ0v) is 12.0. The largest absolute Gasteiger partial charge is 0.481 e. The summed E-state index contributed by atoms with van der Waals surface area (Å²) in [6, 6.07) is 15.3. The molecule has 0 aromatic heterocycles. The summed E-state index contributed by atoms with van der Waals surface area (Å²) in [5, 5.41) is 2.84. The van der Waals surface area contributed by atoms with Crippen molar-refractivity contribution in [2.45, 2.75) is 26.9 Å². The summed E-state index contributed by atoms with van der Waals surface area (Å²) in [4.78, 5) is 12.0. The van der Waals surface area contributed by atoms with Gasteiger partial charge < -0.3 is 10.1 Å². The molecule has 0 saturated carbocycles. The quantitative estimate of drug-likeness (QED) is 0.919. The first-order valence-corrected chi connectivity index (χ1v) is 6.65. The molecule has 3 nitrogen and oxygen atoms in total. The molecule has 2 rings (SSSR count). The highest BCUT2D eigenvalue weighted by atomic mass is 16.5. The van der Waals surface area contributed by atoms with E-state index in [-0.39, 0.29) is 5.91 Å². The highest BCUT2D eigenvalue weighted by Gasteiger charge is 2.14. The van der Waals surface area contributed by atoms with E-state index in [0.717, 1.165) is 16.8 Å². The second-order valence-corrected chi connectivity index (χ2v) is 4.93. The molecular weight excluding hydrogens is 250 g/mol. The normalized spacial score (nSPS) is 11.8. The Morgan fingerprint density at radius 3 is 2.00 bits per heavy atom. The van der Waals surface area contributed by atoms with Gasteiger partial charge in [0.15, 0.2) is 6.10 Å². The van der Waals surface area contributed by atoms with E-state index in [9.17, 15) is 4.79 Å². The van der Waals surface area contributed by atoms with Gasteiger partial charge in [0.1, 0.15) is 5.75 Å². The van der Waals surface area contributed by atoms with Crippen LogP contribution in [0.4, 0.5) is 5.69 Å². The molecule has 1 amide bonds. The van der Waals surface area contributed by atoms with E-state index in [1.807, 2.05) is 62.4 Å². The van der Waals surface area contributed by atoms with Crippen molar-refractivity contribution < 1.29 is 9.53 Å². The number of benzene rings is 2. The molecule has 0 spiro atoms. The first kappa shape index (κ1) is 14.1. The summed E-state index contributed by atoms with van der Waals surface area (Å²) < 4.78 is 5.62. The van der Waals surface area contributed by atoms with Gasteiger partial charge in [-0.2, -0.15) is 0 Å². The van der Waals surface area contributed by atoms with Crippen molar-refractivity contribution >= 4 is 11.6 Å². The minimum Gasteiger partial charge on any atom is -0.481 e. The smallest absolute Gasteiger partial charge is 0.265 e. The summed E-state index contributed by atoms with van der Waals surface area (Å²) in [6.07, 6.45) is -0.543. The molecule has 2 aromatic rings. The Balaban J connectivity index is 1.94. The second-order valence-electron chi connectivity index (χ2n) is 4.93. The van der Waals surface area contributed by atoms with Crippen LogP contribution in [0.25, 0.3) is 0 Å². The number of amides is 1. The lowest BCUT2D eigenvalue weighted by Crippen LogP contribution is -2.30. The summed E-state index contributed by atoms with van der Waals surface area (Å²) in [5.41, 5.74) is 3.10. The monoisotopic (exact) mass is 269 g/mol. The van der Waals surface area contributed by atoms with Crippen LogP contribution in [0.15, 0.2) is 48.5 Å². The Hall–Kier alpha value is -2.29. The van der Waals surface area contributed by atoms with Gasteiger partial charge in [-0.3, -0.25) is 4.79 Å². The Morgan fingerprint density at radius 1 is 0.950 bits per heavy atom. The fourth-order valence-electron chi connectivity index (χ4n) is 1.76. The Kier molecular flexibility index (Phi) is 4.41. The number of nitrogens with one attached hydrogen (secondary N) is 1. The van der Waals surface area contributed by atoms with Crippen LogP contribution in [0.5, 0.6) is 5.75 Å². The highest BCUT2D eigenvalue weighted by Crippen LogP contribution is 2.14. The summed E-state index contributed by atoms with van der Waals surface area (Å²) in [6.45, 7) is 5.76. The van der Waals surface area contributed by atoms with Crippen molar-refractivity contribution in [1.29, 1.82) is 0 Å². The number of aryl methyl sites for hydroxylation is 2. The summed E-state index contributed by atoms with van der Waals surface area (Å²) in [5.74, 6) is 0.539. The van der Waals surface area contributed by atoms with E-state index >= 15 is 0 Å². The maximum atomic E-state index is 12.0. The van der Waals surface area contributed by atoms with Crippen LogP contribution in [-0.2, 0) is 4.79 Å². The molecule has 0 aliphatic heterocycles. The van der Waals surface area contributed by atoms with E-state index in [4.69, 9.17) is 4.74 Å². The summed E-state index contributed by atoms with van der Waals surface area (Å²) in [7, 11) is 0. The molecule has 0 radical (unpaired) electrons. The topological polar surface area (TPSA) is 38.3 Å². The highest BCUT2D eigenvalue weighted by molar-refractivity contribution is 5.94. The number of rotatable bonds is 4. The van der Waals surface area contributed by atoms with Crippen molar-refractivity contribution in [3.05, 3.63) is 59.7 Å². The van der Waals surface area contributed by atoms with Gasteiger partial charge in [0, 0.05) is 5.69 Å². The molecule has 2 aromatic carbocycles. The number of ether oxygens (including phenoxy) is 1. The minimum absolute atomic E-state index is 0.158. The van der Waals surface area contributed by atoms with Crippen LogP contribution in [0.1, 0.15) is 18.1 Å². The van der Waals surface area contributed by atoms with Gasteiger partial charge in [-0.05, 0) is 45.0 Å². The third kappa shape index (κ3) is 3.85. The standard InChI is InChI=1S/C17H19NO2/c1-12-4-8-15(9-5-12)18-17(19)14(3)20-16-10-6-13(2)7-11-16/h4-11,14H,1-3H3,(H,18,19)/t14-/m1/s1. The minimum atomic E-state index is -0.543. The molecule has 0 bridgehead atoms. The van der Waals surface area contributed by atoms with Crippen LogP contribution >= 0.6 is 0 Å². The van der Waals surface area contributed by atoms with Gasteiger partial charge in [-0.15, -0.1) is 0 Å². The van der Waals surface area contributed by atoms with E-state index < -0.39 is 6.10 Å². The Morgan fingerprint density at radius 2 is 1.45 bits per heavy atom. The lowest BCUT2D eigenvalue weighted by molar-refractivity contribution is -0.122. The number of carbonyl (C=O) groups is 1. The maximum Gasteiger partial charge on any atom is 0.265 e. The van der Waals surface area contributed by atoms with E-state index in [0.29, 0.717) is 5.75 Å². The summed E-state index contributed by atoms with van der Waals surface area (Å²) >= 11 is 0. The first-order valence-electron chi connectivity index (χ1n) is 6.65. The molecule has 1 atom stereocenters. The molecule has 0 heterocycles. The van der Waals surface area contributed by atoms with Gasteiger partial charge in [-0.25, -0.2) is 0 Å². The molecule has 1 N–H and O–H groups in total. The molecule has 0 aliphatic carbocycles. The molecule has 0 saturated heterocycles. The van der Waals surface area contributed by atoms with Crippen LogP contribution < -0.4 is 10.1 Å². The SMILES string of the molecule is Cc1ccc(NC(=O)[C@@H](C)Oc2ccc(C)cc2)cc1. The molecule has 20 heavy (non-hydrogen) atoms. The second kappa shape index (κ2) is 6.24. The predicted octanol–water partition coefficient (Wildman–Crippen LogP) is 3.71. The third-order valence-electron chi connectivity index (χ3n) is 3.02. The lowest BCUT2D eigenvalue weighted by atomic mass is 10.2. The number of hydrogen-bond donors (Lipinski definition) is 1. The van der Waals surface area contributed by atoms with Crippen molar-refractivity contribution in [2.75, 3.05) is 5.32 Å². The van der Waals surface area contributed by atoms with Crippen LogP contribution in [0.3, 0.4) is 0 Å². The Labute approximate surface area is 119 Å². The van der Waals surface area contributed by atoms with Gasteiger partial charge in [0.05, 0.1) is 0 Å². The molecule has 0 aliphatic rings. The molecule has 0 fully saturated rings. The van der Waals surface area contributed by atoms with Gasteiger partial charge in [0.2, 0.25) is 0 Å². The van der Waals surface area contributed by atoms with Crippen LogP contribution in [-0.4, -0.2) is 12.0 Å². The average Bonchev–Trinajstić information content (AvgIpc) is 2.44. The molecule has 3 heteroatoms. The van der Waals surface area contributed by atoms with Gasteiger partial charge in [0.25, 0.3) is 5.91 Å². The zero-order chi connectivity index (χ0) is 14.5. The van der Waals surface area contributed by atoms with Crippen molar-refractivity contribution in [3.8, 4) is 5.75 Å². The third-order valence-corrected chi connectivity index (χ3v) is 3.02. The first-order chi connectivity index (χ1) is 9.54. The molecule has 0 unspecified atom stereocenters. The fraction of sp³-hybridized carbons (Fsp3) is 0.235. The van der Waals surface area contributed by atoms with E-state index in [1.165, 1.54) is 0 Å². The van der Waals surface area contributed by atoms with E-state index in [2.05, 4.69) is 5.32 Å². The lowest BCUT2D eigenvalue weighted by Gasteiger charge is -2.15. The van der Waals surface area contributed by atoms with Crippen LogP contribution in [0.2, 0.25) is 0 Å². The predicted molar refractivity (Wildman–Crippen MR) is 81.1 cm³/mol. The van der Waals surface area contributed by atoms with Crippen molar-refractivity contribution in [1.82, 2.24) is 0 Å². The van der Waals surface area contributed by atoms with Crippen LogP contribution in [0, 0.1) is 13.8 Å². The van der Waals surface area contributed by atoms with Gasteiger partial charge in [-0.1, -0.05) is 35.4 Å². The van der Waals surface area contributed by atoms with Crippen molar-refractivity contribution in [3.63, 3.8) is 0 Å².